The van der Waals surface area contributed by atoms with E-state index in [0.717, 1.165) is 23.4 Å². The molecule has 2 aromatic rings. The second-order valence-corrected chi connectivity index (χ2v) is 6.25. The van der Waals surface area contributed by atoms with Gasteiger partial charge in [-0.2, -0.15) is 0 Å². The van der Waals surface area contributed by atoms with Gasteiger partial charge in [0.1, 0.15) is 6.54 Å². The highest BCUT2D eigenvalue weighted by Gasteiger charge is 2.33. The highest BCUT2D eigenvalue weighted by Crippen LogP contribution is 2.22. The van der Waals surface area contributed by atoms with Crippen LogP contribution < -0.4 is 4.90 Å². The van der Waals surface area contributed by atoms with E-state index >= 15 is 0 Å². The SMILES string of the molecule is Cc1ccc(N2C[C@H](C)N(C(=O)c3ccc(F)c(F)c3)CC2=O)cc1. The number of carbonyl (C=O) groups excluding carboxylic acids is 2. The lowest BCUT2D eigenvalue weighted by Gasteiger charge is -2.39. The molecule has 0 aliphatic carbocycles. The van der Waals surface area contributed by atoms with Crippen LogP contribution in [0.3, 0.4) is 0 Å². The molecule has 6 heteroatoms. The van der Waals surface area contributed by atoms with Gasteiger partial charge >= 0.3 is 0 Å². The average Bonchev–Trinajstić information content (AvgIpc) is 2.59. The van der Waals surface area contributed by atoms with Gasteiger partial charge in [-0.25, -0.2) is 8.78 Å². The molecule has 1 aliphatic heterocycles. The Morgan fingerprint density at radius 1 is 1.08 bits per heavy atom. The van der Waals surface area contributed by atoms with Crippen molar-refractivity contribution in [3.63, 3.8) is 0 Å². The molecule has 4 nitrogen and oxygen atoms in total. The van der Waals surface area contributed by atoms with E-state index in [1.807, 2.05) is 38.1 Å². The van der Waals surface area contributed by atoms with E-state index in [2.05, 4.69) is 0 Å². The summed E-state index contributed by atoms with van der Waals surface area (Å²) in [5, 5.41) is 0. The number of halogens is 2. The predicted molar refractivity (Wildman–Crippen MR) is 90.4 cm³/mol. The Kier molecular flexibility index (Phi) is 4.53. The Morgan fingerprint density at radius 3 is 2.40 bits per heavy atom. The van der Waals surface area contributed by atoms with Crippen molar-refractivity contribution in [2.24, 2.45) is 0 Å². The molecule has 0 aromatic heterocycles. The molecule has 3 rings (SSSR count). The first-order valence-electron chi connectivity index (χ1n) is 8.00. The molecule has 0 radical (unpaired) electrons. The van der Waals surface area contributed by atoms with Gasteiger partial charge in [0.15, 0.2) is 11.6 Å². The molecule has 1 fully saturated rings. The van der Waals surface area contributed by atoms with Crippen molar-refractivity contribution in [1.29, 1.82) is 0 Å². The van der Waals surface area contributed by atoms with E-state index in [9.17, 15) is 18.4 Å². The maximum atomic E-state index is 13.4. The van der Waals surface area contributed by atoms with Gasteiger partial charge in [0.05, 0.1) is 0 Å². The van der Waals surface area contributed by atoms with Crippen LogP contribution in [0.5, 0.6) is 0 Å². The average molecular weight is 344 g/mol. The number of amides is 2. The third-order valence-electron chi connectivity index (χ3n) is 4.36. The molecule has 1 atom stereocenters. The molecule has 25 heavy (non-hydrogen) atoms. The van der Waals surface area contributed by atoms with Crippen LogP contribution in [0.25, 0.3) is 0 Å². The topological polar surface area (TPSA) is 40.6 Å². The van der Waals surface area contributed by atoms with Gasteiger partial charge in [-0.1, -0.05) is 17.7 Å². The van der Waals surface area contributed by atoms with E-state index in [4.69, 9.17) is 0 Å². The van der Waals surface area contributed by atoms with E-state index in [1.54, 1.807) is 4.90 Å². The summed E-state index contributed by atoms with van der Waals surface area (Å²) in [6.07, 6.45) is 0. The Hall–Kier alpha value is -2.76. The molecule has 2 aromatic carbocycles. The zero-order valence-electron chi connectivity index (χ0n) is 14.0. The molecule has 1 heterocycles. The van der Waals surface area contributed by atoms with Crippen molar-refractivity contribution in [3.8, 4) is 0 Å². The quantitative estimate of drug-likeness (QED) is 0.840. The van der Waals surface area contributed by atoms with Gasteiger partial charge < -0.3 is 9.80 Å². The summed E-state index contributed by atoms with van der Waals surface area (Å²) in [5.41, 5.74) is 1.90. The van der Waals surface area contributed by atoms with E-state index in [0.29, 0.717) is 6.54 Å². The number of rotatable bonds is 2. The minimum absolute atomic E-state index is 0.0299. The number of hydrogen-bond donors (Lipinski definition) is 0. The summed E-state index contributed by atoms with van der Waals surface area (Å²) in [7, 11) is 0. The number of benzene rings is 2. The zero-order chi connectivity index (χ0) is 18.1. The van der Waals surface area contributed by atoms with Crippen molar-refractivity contribution in [2.75, 3.05) is 18.0 Å². The second-order valence-electron chi connectivity index (χ2n) is 6.25. The Morgan fingerprint density at radius 2 is 1.76 bits per heavy atom. The molecule has 0 unspecified atom stereocenters. The molecule has 0 N–H and O–H groups in total. The highest BCUT2D eigenvalue weighted by molar-refractivity contribution is 6.02. The van der Waals surface area contributed by atoms with Crippen LogP contribution in [-0.4, -0.2) is 35.8 Å². The summed E-state index contributed by atoms with van der Waals surface area (Å²) in [6.45, 7) is 4.03. The summed E-state index contributed by atoms with van der Waals surface area (Å²) >= 11 is 0. The smallest absolute Gasteiger partial charge is 0.254 e. The number of hydrogen-bond acceptors (Lipinski definition) is 2. The maximum absolute atomic E-state index is 13.4. The minimum atomic E-state index is -1.08. The second kappa shape index (κ2) is 6.63. The van der Waals surface area contributed by atoms with Gasteiger partial charge in [-0.05, 0) is 44.2 Å². The fourth-order valence-corrected chi connectivity index (χ4v) is 2.89. The zero-order valence-corrected chi connectivity index (χ0v) is 14.0. The standard InChI is InChI=1S/C19H18F2N2O2/c1-12-3-6-15(7-4-12)23-10-13(2)22(11-18(23)24)19(25)14-5-8-16(20)17(21)9-14/h3-9,13H,10-11H2,1-2H3/t13-/m0/s1. The largest absolute Gasteiger partial charge is 0.325 e. The monoisotopic (exact) mass is 344 g/mol. The van der Waals surface area contributed by atoms with Gasteiger partial charge in [-0.15, -0.1) is 0 Å². The van der Waals surface area contributed by atoms with Crippen molar-refractivity contribution in [2.45, 2.75) is 19.9 Å². The summed E-state index contributed by atoms with van der Waals surface area (Å²) in [6, 6.07) is 10.3. The minimum Gasteiger partial charge on any atom is -0.325 e. The lowest BCUT2D eigenvalue weighted by atomic mass is 10.1. The normalized spacial score (nSPS) is 17.8. The lowest BCUT2D eigenvalue weighted by molar-refractivity contribution is -0.121. The van der Waals surface area contributed by atoms with E-state index in [-0.39, 0.29) is 24.1 Å². The first-order valence-corrected chi connectivity index (χ1v) is 8.00. The molecular formula is C19H18F2N2O2. The third-order valence-corrected chi connectivity index (χ3v) is 4.36. The number of anilines is 1. The fourth-order valence-electron chi connectivity index (χ4n) is 2.89. The first-order chi connectivity index (χ1) is 11.9. The molecule has 0 bridgehead atoms. The number of carbonyl (C=O) groups is 2. The molecule has 2 amide bonds. The van der Waals surface area contributed by atoms with E-state index < -0.39 is 17.5 Å². The van der Waals surface area contributed by atoms with Gasteiger partial charge in [-0.3, -0.25) is 9.59 Å². The molecule has 1 aliphatic rings. The van der Waals surface area contributed by atoms with Crippen molar-refractivity contribution < 1.29 is 18.4 Å². The highest BCUT2D eigenvalue weighted by atomic mass is 19.2. The van der Waals surface area contributed by atoms with Gasteiger partial charge in [0, 0.05) is 23.8 Å². The number of piperazine rings is 1. The lowest BCUT2D eigenvalue weighted by Crippen LogP contribution is -2.57. The molecule has 0 saturated carbocycles. The third kappa shape index (κ3) is 3.38. The first kappa shape index (κ1) is 17.1. The van der Waals surface area contributed by atoms with Gasteiger partial charge in [0.2, 0.25) is 5.91 Å². The van der Waals surface area contributed by atoms with Crippen molar-refractivity contribution in [1.82, 2.24) is 4.90 Å². The van der Waals surface area contributed by atoms with Gasteiger partial charge in [0.25, 0.3) is 5.91 Å². The van der Waals surface area contributed by atoms with Crippen LogP contribution in [0.2, 0.25) is 0 Å². The Bertz CT molecular complexity index is 821. The fraction of sp³-hybridized carbons (Fsp3) is 0.263. The van der Waals surface area contributed by atoms with Crippen LogP contribution in [0.1, 0.15) is 22.8 Å². The van der Waals surface area contributed by atoms with Crippen LogP contribution in [-0.2, 0) is 4.79 Å². The number of nitrogens with zero attached hydrogens (tertiary/aromatic N) is 2. The summed E-state index contributed by atoms with van der Waals surface area (Å²) in [4.78, 5) is 28.1. The van der Waals surface area contributed by atoms with Crippen LogP contribution >= 0.6 is 0 Å². The molecule has 1 saturated heterocycles. The number of aryl methyl sites for hydroxylation is 1. The molecule has 130 valence electrons. The van der Waals surface area contributed by atoms with Crippen LogP contribution in [0, 0.1) is 18.6 Å². The van der Waals surface area contributed by atoms with Crippen molar-refractivity contribution in [3.05, 3.63) is 65.2 Å². The van der Waals surface area contributed by atoms with Crippen molar-refractivity contribution >= 4 is 17.5 Å². The van der Waals surface area contributed by atoms with E-state index in [1.165, 1.54) is 11.0 Å². The van der Waals surface area contributed by atoms with Crippen LogP contribution in [0.15, 0.2) is 42.5 Å². The molecular weight excluding hydrogens is 326 g/mol. The Balaban J connectivity index is 1.79. The maximum Gasteiger partial charge on any atom is 0.254 e. The molecule has 0 spiro atoms. The predicted octanol–water partition coefficient (Wildman–Crippen LogP) is 3.15. The Labute approximate surface area is 144 Å². The summed E-state index contributed by atoms with van der Waals surface area (Å²) < 4.78 is 26.4. The van der Waals surface area contributed by atoms with Crippen LogP contribution in [0.4, 0.5) is 14.5 Å². The summed E-state index contributed by atoms with van der Waals surface area (Å²) in [5.74, 6) is -2.78.